The summed E-state index contributed by atoms with van der Waals surface area (Å²) in [7, 11) is 0. The topological polar surface area (TPSA) is 121 Å². The maximum atomic E-state index is 12.5. The Labute approximate surface area is 226 Å². The molecule has 0 saturated heterocycles. The molecule has 4 rings (SSSR count). The van der Waals surface area contributed by atoms with E-state index in [1.54, 1.807) is 41.9 Å². The lowest BCUT2D eigenvalue weighted by atomic mass is 10.1. The van der Waals surface area contributed by atoms with Gasteiger partial charge in [0.05, 0.1) is 36.2 Å². The van der Waals surface area contributed by atoms with Gasteiger partial charge >= 0.3 is 5.82 Å². The Hall–Kier alpha value is -4.99. The molecule has 200 valence electrons. The van der Waals surface area contributed by atoms with Crippen LogP contribution in [0, 0.1) is 24.0 Å². The standard InChI is InChI=1S/C29H29N5O5/c1-4-38-27-16-24(11-14-26(27)39-19-23-7-5-20(2)6-8-23)17-30-31-29(35)25-12-9-22(10-13-25)18-33-21(3)15-28(32-33)34(36)37/h5-17H,4,18-19H2,1-3H3,(H,31,35). The summed E-state index contributed by atoms with van der Waals surface area (Å²) in [6.45, 7) is 6.95. The first-order valence-electron chi connectivity index (χ1n) is 12.4. The number of aryl methyl sites for hydroxylation is 2. The molecular weight excluding hydrogens is 498 g/mol. The van der Waals surface area contributed by atoms with Crippen LogP contribution in [-0.4, -0.2) is 33.4 Å². The summed E-state index contributed by atoms with van der Waals surface area (Å²) < 4.78 is 13.3. The number of nitrogens with zero attached hydrogens (tertiary/aromatic N) is 4. The van der Waals surface area contributed by atoms with Crippen molar-refractivity contribution in [2.24, 2.45) is 5.10 Å². The number of benzene rings is 3. The quantitative estimate of drug-likeness (QED) is 0.163. The van der Waals surface area contributed by atoms with Gasteiger partial charge in [0.25, 0.3) is 5.91 Å². The van der Waals surface area contributed by atoms with Gasteiger partial charge in [-0.15, -0.1) is 0 Å². The van der Waals surface area contributed by atoms with Crippen molar-refractivity contribution in [3.05, 3.63) is 116 Å². The van der Waals surface area contributed by atoms with Crippen molar-refractivity contribution in [2.75, 3.05) is 6.61 Å². The average Bonchev–Trinajstić information content (AvgIpc) is 3.30. The third-order valence-electron chi connectivity index (χ3n) is 5.87. The van der Waals surface area contributed by atoms with Crippen LogP contribution < -0.4 is 14.9 Å². The Morgan fingerprint density at radius 2 is 1.72 bits per heavy atom. The lowest BCUT2D eigenvalue weighted by Gasteiger charge is -2.13. The molecule has 0 atom stereocenters. The Morgan fingerprint density at radius 1 is 1.00 bits per heavy atom. The molecule has 1 N–H and O–H groups in total. The number of rotatable bonds is 11. The fourth-order valence-electron chi connectivity index (χ4n) is 3.74. The maximum Gasteiger partial charge on any atom is 0.390 e. The molecule has 1 aromatic heterocycles. The van der Waals surface area contributed by atoms with Crippen molar-refractivity contribution in [1.82, 2.24) is 15.2 Å². The Balaban J connectivity index is 1.34. The van der Waals surface area contributed by atoms with Crippen molar-refractivity contribution >= 4 is 17.9 Å². The first-order valence-corrected chi connectivity index (χ1v) is 12.4. The smallest absolute Gasteiger partial charge is 0.390 e. The fraction of sp³-hybridized carbons (Fsp3) is 0.207. The van der Waals surface area contributed by atoms with E-state index in [4.69, 9.17) is 9.47 Å². The summed E-state index contributed by atoms with van der Waals surface area (Å²) in [6, 6.07) is 21.9. The predicted octanol–water partition coefficient (Wildman–Crippen LogP) is 5.20. The van der Waals surface area contributed by atoms with E-state index in [2.05, 4.69) is 15.6 Å². The van der Waals surface area contributed by atoms with Crippen LogP contribution in [0.15, 0.2) is 77.9 Å². The summed E-state index contributed by atoms with van der Waals surface area (Å²) in [5, 5.41) is 19.0. The SMILES string of the molecule is CCOc1cc(C=NNC(=O)c2ccc(Cn3nc([N+](=O)[O-])cc3C)cc2)ccc1OCc1ccc(C)cc1. The molecule has 4 aromatic rings. The van der Waals surface area contributed by atoms with E-state index in [-0.39, 0.29) is 11.7 Å². The number of carbonyl (C=O) groups excluding carboxylic acids is 1. The molecule has 1 amide bonds. The Kier molecular flexibility index (Phi) is 8.67. The molecule has 39 heavy (non-hydrogen) atoms. The van der Waals surface area contributed by atoms with Gasteiger partial charge in [-0.25, -0.2) is 5.43 Å². The zero-order valence-electron chi connectivity index (χ0n) is 22.0. The highest BCUT2D eigenvalue weighted by Crippen LogP contribution is 2.29. The van der Waals surface area contributed by atoms with Crippen molar-refractivity contribution in [3.8, 4) is 11.5 Å². The molecule has 0 aliphatic rings. The second-order valence-electron chi connectivity index (χ2n) is 8.87. The van der Waals surface area contributed by atoms with Crippen molar-refractivity contribution < 1.29 is 19.2 Å². The minimum absolute atomic E-state index is 0.195. The minimum Gasteiger partial charge on any atom is -0.490 e. The number of carbonyl (C=O) groups is 1. The summed E-state index contributed by atoms with van der Waals surface area (Å²) in [5.41, 5.74) is 7.47. The monoisotopic (exact) mass is 527 g/mol. The molecular formula is C29H29N5O5. The highest BCUT2D eigenvalue weighted by molar-refractivity contribution is 5.95. The first-order chi connectivity index (χ1) is 18.8. The molecule has 3 aromatic carbocycles. The summed E-state index contributed by atoms with van der Waals surface area (Å²) in [4.78, 5) is 22.9. The van der Waals surface area contributed by atoms with Gasteiger partial charge in [0.15, 0.2) is 11.5 Å². The summed E-state index contributed by atoms with van der Waals surface area (Å²) in [6.07, 6.45) is 1.53. The van der Waals surface area contributed by atoms with Gasteiger partial charge in [-0.1, -0.05) is 42.0 Å². The van der Waals surface area contributed by atoms with Crippen LogP contribution in [0.1, 0.15) is 45.2 Å². The predicted molar refractivity (Wildman–Crippen MR) is 147 cm³/mol. The van der Waals surface area contributed by atoms with Crippen LogP contribution in [0.25, 0.3) is 0 Å². The minimum atomic E-state index is -0.524. The molecule has 0 radical (unpaired) electrons. The molecule has 10 heteroatoms. The van der Waals surface area contributed by atoms with Gasteiger partial charge < -0.3 is 19.6 Å². The zero-order valence-corrected chi connectivity index (χ0v) is 22.0. The van der Waals surface area contributed by atoms with Crippen LogP contribution in [0.4, 0.5) is 5.82 Å². The fourth-order valence-corrected chi connectivity index (χ4v) is 3.74. The number of aromatic nitrogens is 2. The van der Waals surface area contributed by atoms with Crippen LogP contribution >= 0.6 is 0 Å². The van der Waals surface area contributed by atoms with Crippen LogP contribution in [0.5, 0.6) is 11.5 Å². The second-order valence-corrected chi connectivity index (χ2v) is 8.87. The third kappa shape index (κ3) is 7.29. The van der Waals surface area contributed by atoms with E-state index in [1.165, 1.54) is 17.8 Å². The Bertz CT molecular complexity index is 1480. The first kappa shape index (κ1) is 27.1. The molecule has 0 aliphatic heterocycles. The van der Waals surface area contributed by atoms with Crippen molar-refractivity contribution in [1.29, 1.82) is 0 Å². The largest absolute Gasteiger partial charge is 0.490 e. The van der Waals surface area contributed by atoms with E-state index in [1.807, 2.05) is 50.2 Å². The van der Waals surface area contributed by atoms with Gasteiger partial charge in [-0.2, -0.15) is 9.78 Å². The van der Waals surface area contributed by atoms with Crippen LogP contribution in [0.2, 0.25) is 0 Å². The number of hydrazone groups is 1. The molecule has 0 fully saturated rings. The van der Waals surface area contributed by atoms with E-state index < -0.39 is 4.92 Å². The van der Waals surface area contributed by atoms with E-state index in [9.17, 15) is 14.9 Å². The highest BCUT2D eigenvalue weighted by atomic mass is 16.6. The number of hydrogen-bond donors (Lipinski definition) is 1. The van der Waals surface area contributed by atoms with Gasteiger partial charge in [0, 0.05) is 5.56 Å². The van der Waals surface area contributed by atoms with Gasteiger partial charge in [0.2, 0.25) is 0 Å². The summed E-state index contributed by atoms with van der Waals surface area (Å²) in [5.74, 6) is 0.651. The van der Waals surface area contributed by atoms with Crippen molar-refractivity contribution in [2.45, 2.75) is 33.9 Å². The molecule has 1 heterocycles. The van der Waals surface area contributed by atoms with Crippen LogP contribution in [0.3, 0.4) is 0 Å². The third-order valence-corrected chi connectivity index (χ3v) is 5.87. The maximum absolute atomic E-state index is 12.5. The molecule has 0 spiro atoms. The molecule has 0 aliphatic carbocycles. The second kappa shape index (κ2) is 12.5. The number of amides is 1. The number of hydrogen-bond acceptors (Lipinski definition) is 7. The number of nitrogens with one attached hydrogen (secondary N) is 1. The summed E-state index contributed by atoms with van der Waals surface area (Å²) >= 11 is 0. The van der Waals surface area contributed by atoms with Crippen LogP contribution in [-0.2, 0) is 13.2 Å². The number of ether oxygens (including phenoxy) is 2. The van der Waals surface area contributed by atoms with Gasteiger partial charge in [-0.05, 0) is 72.7 Å². The van der Waals surface area contributed by atoms with E-state index >= 15 is 0 Å². The van der Waals surface area contributed by atoms with Gasteiger partial charge in [-0.3, -0.25) is 4.79 Å². The molecule has 0 saturated carbocycles. The normalized spacial score (nSPS) is 10.9. The van der Waals surface area contributed by atoms with Crippen molar-refractivity contribution in [3.63, 3.8) is 0 Å². The average molecular weight is 528 g/mol. The highest BCUT2D eigenvalue weighted by Gasteiger charge is 2.15. The van der Waals surface area contributed by atoms with Gasteiger partial charge in [0.1, 0.15) is 6.61 Å². The lowest BCUT2D eigenvalue weighted by molar-refractivity contribution is -0.389. The van der Waals surface area contributed by atoms with E-state index in [0.29, 0.717) is 42.5 Å². The lowest BCUT2D eigenvalue weighted by Crippen LogP contribution is -2.17. The zero-order chi connectivity index (χ0) is 27.8. The van der Waals surface area contributed by atoms with E-state index in [0.717, 1.165) is 16.7 Å². The Morgan fingerprint density at radius 3 is 2.38 bits per heavy atom. The molecule has 10 nitrogen and oxygen atoms in total. The molecule has 0 bridgehead atoms. The molecule has 0 unspecified atom stereocenters. The number of nitro groups is 1.